The van der Waals surface area contributed by atoms with Crippen LogP contribution in [0.1, 0.15) is 47.0 Å². The topological polar surface area (TPSA) is 175 Å². The molecule has 2 saturated heterocycles. The SMILES string of the molecule is Cc1ccn(-c2cc(-c3ccc(C(N)=O)cc3)ccc2[C@@H](Oc2cc(N3CCC4(CC3)CN[C@H](C(=O)O)C4)nc(N)n2)C(F)(F)F)n1. The Labute approximate surface area is 267 Å². The molecule has 0 bridgehead atoms. The lowest BCUT2D eigenvalue weighted by molar-refractivity contribution is -0.198. The van der Waals surface area contributed by atoms with E-state index in [1.807, 2.05) is 4.90 Å². The number of benzene rings is 2. The number of nitrogens with one attached hydrogen (secondary N) is 1. The van der Waals surface area contributed by atoms with Crippen molar-refractivity contribution in [3.8, 4) is 22.7 Å². The Bertz CT molecular complexity index is 1800. The second-order valence-corrected chi connectivity index (χ2v) is 12.0. The summed E-state index contributed by atoms with van der Waals surface area (Å²) in [5, 5.41) is 16.8. The van der Waals surface area contributed by atoms with Crippen LogP contribution in [0.15, 0.2) is 60.8 Å². The number of aromatic nitrogens is 4. The number of carbonyl (C=O) groups is 2. The highest BCUT2D eigenvalue weighted by molar-refractivity contribution is 5.93. The molecule has 2 fully saturated rings. The van der Waals surface area contributed by atoms with E-state index in [9.17, 15) is 27.9 Å². The fourth-order valence-electron chi connectivity index (χ4n) is 6.28. The van der Waals surface area contributed by atoms with Gasteiger partial charge in [-0.3, -0.25) is 9.59 Å². The highest BCUT2D eigenvalue weighted by Gasteiger charge is 2.46. The average Bonchev–Trinajstić information content (AvgIpc) is 3.66. The highest BCUT2D eigenvalue weighted by Crippen LogP contribution is 2.42. The van der Waals surface area contributed by atoms with Gasteiger partial charge in [-0.1, -0.05) is 24.3 Å². The molecule has 2 atom stereocenters. The maximum Gasteiger partial charge on any atom is 0.429 e. The number of alkyl halides is 3. The van der Waals surface area contributed by atoms with Crippen molar-refractivity contribution < 1.29 is 32.6 Å². The Kier molecular flexibility index (Phi) is 8.26. The first-order valence-electron chi connectivity index (χ1n) is 15.0. The molecule has 246 valence electrons. The van der Waals surface area contributed by atoms with Crippen LogP contribution in [0.2, 0.25) is 0 Å². The van der Waals surface area contributed by atoms with Crippen molar-refractivity contribution in [3.63, 3.8) is 0 Å². The first kappa shape index (κ1) is 31.8. The number of carbonyl (C=O) groups excluding carboxylic acids is 1. The monoisotopic (exact) mass is 650 g/mol. The summed E-state index contributed by atoms with van der Waals surface area (Å²) >= 11 is 0. The lowest BCUT2D eigenvalue weighted by atomic mass is 9.76. The molecular weight excluding hydrogens is 617 g/mol. The Morgan fingerprint density at radius 2 is 1.77 bits per heavy atom. The summed E-state index contributed by atoms with van der Waals surface area (Å²) in [6.07, 6.45) is -3.88. The predicted molar refractivity (Wildman–Crippen MR) is 166 cm³/mol. The van der Waals surface area contributed by atoms with Crippen LogP contribution in [0, 0.1) is 12.3 Å². The third-order valence-electron chi connectivity index (χ3n) is 8.83. The number of anilines is 2. The Balaban J connectivity index is 1.30. The van der Waals surface area contributed by atoms with Gasteiger partial charge in [0.1, 0.15) is 11.9 Å². The van der Waals surface area contributed by atoms with Gasteiger partial charge in [0, 0.05) is 43.0 Å². The lowest BCUT2D eigenvalue weighted by Crippen LogP contribution is -2.41. The lowest BCUT2D eigenvalue weighted by Gasteiger charge is -2.39. The van der Waals surface area contributed by atoms with Crippen LogP contribution in [-0.4, -0.2) is 68.6 Å². The van der Waals surface area contributed by atoms with E-state index in [-0.39, 0.29) is 28.5 Å². The molecule has 6 rings (SSSR count). The van der Waals surface area contributed by atoms with Gasteiger partial charge in [0.2, 0.25) is 23.8 Å². The minimum Gasteiger partial charge on any atom is -0.480 e. The van der Waals surface area contributed by atoms with E-state index >= 15 is 0 Å². The van der Waals surface area contributed by atoms with E-state index in [2.05, 4.69) is 20.4 Å². The third kappa shape index (κ3) is 6.70. The number of halogens is 3. The van der Waals surface area contributed by atoms with Crippen molar-refractivity contribution in [2.45, 2.75) is 44.5 Å². The third-order valence-corrected chi connectivity index (χ3v) is 8.83. The van der Waals surface area contributed by atoms with Gasteiger partial charge in [0.05, 0.1) is 11.4 Å². The Hall–Kier alpha value is -5.18. The standard InChI is InChI=1S/C32H33F3N8O4/c1-18-8-11-43(41-18)24-14-21(19-2-4-20(5-3-19)28(36)44)6-7-22(24)27(32(33,34)35)47-26-15-25(39-30(37)40-26)42-12-9-31(10-13-42)16-23(29(45)46)38-17-31/h2-8,11,14-15,23,27,38H,9-10,12-13,16-17H2,1H3,(H2,36,44)(H,45,46)(H2,37,39,40)/t23-,27+/m0/s1. The van der Waals surface area contributed by atoms with Gasteiger partial charge in [-0.15, -0.1) is 0 Å². The fraction of sp³-hybridized carbons (Fsp3) is 0.344. The molecule has 15 heteroatoms. The van der Waals surface area contributed by atoms with E-state index < -0.39 is 30.2 Å². The molecule has 0 unspecified atom stereocenters. The molecule has 47 heavy (non-hydrogen) atoms. The molecule has 2 aromatic carbocycles. The molecule has 6 N–H and O–H groups in total. The van der Waals surface area contributed by atoms with Crippen molar-refractivity contribution in [1.82, 2.24) is 25.1 Å². The van der Waals surface area contributed by atoms with Crippen LogP contribution in [0.5, 0.6) is 5.88 Å². The van der Waals surface area contributed by atoms with Crippen LogP contribution in [0.25, 0.3) is 16.8 Å². The van der Waals surface area contributed by atoms with Gasteiger partial charge >= 0.3 is 12.1 Å². The molecule has 4 heterocycles. The normalized spacial score (nSPS) is 18.3. The summed E-state index contributed by atoms with van der Waals surface area (Å²) in [6.45, 7) is 3.33. The van der Waals surface area contributed by atoms with Crippen LogP contribution in [0.4, 0.5) is 24.9 Å². The number of hydrogen-bond donors (Lipinski definition) is 4. The van der Waals surface area contributed by atoms with E-state index in [1.165, 1.54) is 22.9 Å². The molecule has 0 radical (unpaired) electrons. The predicted octanol–water partition coefficient (Wildman–Crippen LogP) is 4.03. The van der Waals surface area contributed by atoms with Crippen molar-refractivity contribution in [2.75, 3.05) is 30.3 Å². The van der Waals surface area contributed by atoms with Gasteiger partial charge in [0.15, 0.2) is 0 Å². The summed E-state index contributed by atoms with van der Waals surface area (Å²) in [5.41, 5.74) is 13.2. The van der Waals surface area contributed by atoms with Crippen molar-refractivity contribution in [2.24, 2.45) is 11.1 Å². The number of carboxylic acids is 1. The van der Waals surface area contributed by atoms with Gasteiger partial charge in [-0.25, -0.2) is 4.68 Å². The minimum atomic E-state index is -4.87. The van der Waals surface area contributed by atoms with Gasteiger partial charge < -0.3 is 31.5 Å². The summed E-state index contributed by atoms with van der Waals surface area (Å²) in [4.78, 5) is 33.1. The van der Waals surface area contributed by atoms with Crippen LogP contribution < -0.4 is 26.4 Å². The first-order valence-corrected chi connectivity index (χ1v) is 15.0. The molecule has 2 aliphatic heterocycles. The fourth-order valence-corrected chi connectivity index (χ4v) is 6.28. The molecule has 2 aliphatic rings. The number of aryl methyl sites for hydroxylation is 1. The van der Waals surface area contributed by atoms with Gasteiger partial charge in [0.25, 0.3) is 0 Å². The molecule has 12 nitrogen and oxygen atoms in total. The van der Waals surface area contributed by atoms with E-state index in [0.29, 0.717) is 67.1 Å². The summed E-state index contributed by atoms with van der Waals surface area (Å²) < 4.78 is 51.4. The van der Waals surface area contributed by atoms with Gasteiger partial charge in [-0.2, -0.15) is 28.2 Å². The zero-order chi connectivity index (χ0) is 33.5. The van der Waals surface area contributed by atoms with Crippen molar-refractivity contribution in [1.29, 1.82) is 0 Å². The zero-order valence-corrected chi connectivity index (χ0v) is 25.4. The molecule has 4 aromatic rings. The zero-order valence-electron chi connectivity index (χ0n) is 25.4. The van der Waals surface area contributed by atoms with Gasteiger partial charge in [-0.05, 0) is 67.0 Å². The van der Waals surface area contributed by atoms with Crippen molar-refractivity contribution >= 4 is 23.6 Å². The maximum atomic E-state index is 14.8. The van der Waals surface area contributed by atoms with Crippen LogP contribution in [-0.2, 0) is 4.79 Å². The van der Waals surface area contributed by atoms with E-state index in [1.54, 1.807) is 49.5 Å². The largest absolute Gasteiger partial charge is 0.480 e. The van der Waals surface area contributed by atoms with E-state index in [4.69, 9.17) is 16.2 Å². The average molecular weight is 651 g/mol. The number of primary amides is 1. The Morgan fingerprint density at radius 3 is 2.36 bits per heavy atom. The second kappa shape index (κ2) is 12.2. The summed E-state index contributed by atoms with van der Waals surface area (Å²) in [6, 6.07) is 13.3. The number of nitrogen functional groups attached to an aromatic ring is 1. The molecule has 0 aliphatic carbocycles. The smallest absolute Gasteiger partial charge is 0.429 e. The number of aliphatic carboxylic acids is 1. The van der Waals surface area contributed by atoms with Crippen LogP contribution >= 0.6 is 0 Å². The molecule has 1 spiro atoms. The minimum absolute atomic E-state index is 0.130. The molecular formula is C32H33F3N8O4. The van der Waals surface area contributed by atoms with E-state index in [0.717, 1.165) is 0 Å². The second-order valence-electron chi connectivity index (χ2n) is 12.0. The number of carboxylic acid groups (broad SMARTS) is 1. The first-order chi connectivity index (χ1) is 22.3. The number of rotatable bonds is 8. The number of amides is 1. The number of hydrogen-bond acceptors (Lipinski definition) is 9. The number of nitrogens with two attached hydrogens (primary N) is 2. The maximum absolute atomic E-state index is 14.8. The molecule has 2 aromatic heterocycles. The van der Waals surface area contributed by atoms with Crippen LogP contribution in [0.3, 0.4) is 0 Å². The highest BCUT2D eigenvalue weighted by atomic mass is 19.4. The number of ether oxygens (including phenoxy) is 1. The molecule has 1 amide bonds. The quantitative estimate of drug-likeness (QED) is 0.218. The summed E-state index contributed by atoms with van der Waals surface area (Å²) in [7, 11) is 0. The molecule has 0 saturated carbocycles. The summed E-state index contributed by atoms with van der Waals surface area (Å²) in [5.74, 6) is -1.75. The number of piperidine rings is 1. The Morgan fingerprint density at radius 1 is 1.06 bits per heavy atom. The number of nitrogens with zero attached hydrogens (tertiary/aromatic N) is 5. The van der Waals surface area contributed by atoms with Crippen molar-refractivity contribution in [3.05, 3.63) is 77.6 Å².